The van der Waals surface area contributed by atoms with Crippen molar-refractivity contribution in [3.8, 4) is 54.3 Å². The van der Waals surface area contributed by atoms with Gasteiger partial charge in [0.15, 0.2) is 23.0 Å². The average molecular weight is 655 g/mol. The lowest BCUT2D eigenvalue weighted by molar-refractivity contribution is 0.174. The average Bonchev–Trinajstić information content (AvgIpc) is 3.88. The Balaban J connectivity index is 1.12. The van der Waals surface area contributed by atoms with E-state index >= 15 is 0 Å². The molecular formula is C39H30N2O4S2. The fraction of sp³-hybridized carbons (Fsp3) is 0.179. The fourth-order valence-corrected chi connectivity index (χ4v) is 9.39. The third-order valence-electron chi connectivity index (χ3n) is 9.31. The van der Waals surface area contributed by atoms with E-state index in [0.717, 1.165) is 65.4 Å². The smallest absolute Gasteiger partial charge is 0.180 e. The van der Waals surface area contributed by atoms with Crippen molar-refractivity contribution in [2.75, 3.05) is 26.4 Å². The predicted octanol–water partition coefficient (Wildman–Crippen LogP) is 10.7. The summed E-state index contributed by atoms with van der Waals surface area (Å²) >= 11 is 3.41. The summed E-state index contributed by atoms with van der Waals surface area (Å²) in [6.07, 6.45) is 0. The molecule has 2 aliphatic heterocycles. The number of H-pyrrole nitrogens is 1. The molecule has 0 aliphatic carbocycles. The SMILES string of the molecule is CC(C)n1c2ccccc2c2cc(-c3sc(-c4ccc5[nH]c6ccc(-c7scc8c7OCCO8)cc6c5c4)c4c3OCCO4)ccc21. The molecule has 0 spiro atoms. The van der Waals surface area contributed by atoms with Crippen LogP contribution in [0.4, 0.5) is 0 Å². The summed E-state index contributed by atoms with van der Waals surface area (Å²) in [6.45, 7) is 6.73. The molecule has 0 atom stereocenters. The fourth-order valence-electron chi connectivity index (χ4n) is 7.27. The molecular weight excluding hydrogens is 625 g/mol. The number of hydrogen-bond donors (Lipinski definition) is 1. The van der Waals surface area contributed by atoms with Crippen molar-refractivity contribution in [3.05, 3.63) is 84.2 Å². The maximum Gasteiger partial charge on any atom is 0.180 e. The molecule has 0 saturated heterocycles. The topological polar surface area (TPSA) is 57.6 Å². The predicted molar refractivity (Wildman–Crippen MR) is 193 cm³/mol. The number of hydrogen-bond acceptors (Lipinski definition) is 6. The first-order chi connectivity index (χ1) is 23.1. The number of fused-ring (bicyclic) bond motifs is 8. The summed E-state index contributed by atoms with van der Waals surface area (Å²) < 4.78 is 27.0. The Labute approximate surface area is 278 Å². The normalized spacial score (nSPS) is 14.3. The Morgan fingerprint density at radius 3 is 1.87 bits per heavy atom. The quantitative estimate of drug-likeness (QED) is 0.205. The molecule has 6 heterocycles. The first kappa shape index (κ1) is 27.2. The van der Waals surface area contributed by atoms with Crippen LogP contribution in [0.1, 0.15) is 19.9 Å². The van der Waals surface area contributed by atoms with Crippen LogP contribution in [0.5, 0.6) is 23.0 Å². The summed E-state index contributed by atoms with van der Waals surface area (Å²) in [7, 11) is 0. The zero-order valence-corrected chi connectivity index (χ0v) is 27.5. The molecule has 232 valence electrons. The minimum Gasteiger partial charge on any atom is -0.485 e. The molecule has 4 aromatic heterocycles. The highest BCUT2D eigenvalue weighted by Crippen LogP contribution is 2.54. The van der Waals surface area contributed by atoms with Crippen LogP contribution in [-0.2, 0) is 0 Å². The van der Waals surface area contributed by atoms with E-state index in [0.29, 0.717) is 32.5 Å². The van der Waals surface area contributed by atoms with Gasteiger partial charge in [0, 0.05) is 55.0 Å². The van der Waals surface area contributed by atoms with Gasteiger partial charge in [0.25, 0.3) is 0 Å². The van der Waals surface area contributed by atoms with Gasteiger partial charge in [0.1, 0.15) is 26.4 Å². The Kier molecular flexibility index (Phi) is 5.96. The standard InChI is InChI=1S/C39H30N2O4S2/c1-21(2)41-31-6-4-3-5-25(31)28-19-24(9-12-32(28)41)39-36-35(44-15-16-45-36)38(47-39)23-8-11-30-27(18-23)26-17-22(7-10-29(26)40-30)37-34-33(20-46-37)42-13-14-43-34/h3-12,17-21,40H,13-16H2,1-2H3. The van der Waals surface area contributed by atoms with Crippen LogP contribution in [0, 0.1) is 0 Å². The maximum atomic E-state index is 6.36. The number of nitrogens with one attached hydrogen (secondary N) is 1. The monoisotopic (exact) mass is 654 g/mol. The number of nitrogens with zero attached hydrogens (tertiary/aromatic N) is 1. The number of thiophene rings is 2. The molecule has 0 fully saturated rings. The number of benzene rings is 4. The summed E-state index contributed by atoms with van der Waals surface area (Å²) in [6, 6.07) is 29.1. The van der Waals surface area contributed by atoms with Crippen LogP contribution in [0.3, 0.4) is 0 Å². The Bertz CT molecular complexity index is 2530. The van der Waals surface area contributed by atoms with Crippen LogP contribution in [-0.4, -0.2) is 36.0 Å². The van der Waals surface area contributed by atoms with E-state index in [9.17, 15) is 0 Å². The van der Waals surface area contributed by atoms with E-state index in [1.165, 1.54) is 32.6 Å². The second-order valence-electron chi connectivity index (χ2n) is 12.4. The van der Waals surface area contributed by atoms with Crippen molar-refractivity contribution in [2.45, 2.75) is 19.9 Å². The molecule has 0 saturated carbocycles. The van der Waals surface area contributed by atoms with Crippen LogP contribution in [0.2, 0.25) is 0 Å². The third kappa shape index (κ3) is 4.08. The third-order valence-corrected chi connectivity index (χ3v) is 11.6. The molecule has 6 nitrogen and oxygen atoms in total. The Hall–Kier alpha value is -4.92. The van der Waals surface area contributed by atoms with Gasteiger partial charge < -0.3 is 28.5 Å². The van der Waals surface area contributed by atoms with E-state index in [1.807, 2.05) is 5.38 Å². The van der Waals surface area contributed by atoms with Gasteiger partial charge in [-0.3, -0.25) is 0 Å². The highest BCUT2D eigenvalue weighted by atomic mass is 32.1. The van der Waals surface area contributed by atoms with Crippen molar-refractivity contribution >= 4 is 66.3 Å². The molecule has 10 rings (SSSR count). The van der Waals surface area contributed by atoms with Crippen LogP contribution in [0.25, 0.3) is 74.9 Å². The second-order valence-corrected chi connectivity index (χ2v) is 14.3. The molecule has 0 unspecified atom stereocenters. The van der Waals surface area contributed by atoms with Gasteiger partial charge in [-0.2, -0.15) is 0 Å². The van der Waals surface area contributed by atoms with E-state index in [1.54, 1.807) is 22.7 Å². The molecule has 0 bridgehead atoms. The largest absolute Gasteiger partial charge is 0.485 e. The molecule has 8 aromatic rings. The van der Waals surface area contributed by atoms with Gasteiger partial charge in [-0.25, -0.2) is 0 Å². The van der Waals surface area contributed by atoms with Crippen molar-refractivity contribution in [1.82, 2.24) is 9.55 Å². The van der Waals surface area contributed by atoms with Gasteiger partial charge in [0.05, 0.1) is 14.6 Å². The van der Waals surface area contributed by atoms with Crippen molar-refractivity contribution in [2.24, 2.45) is 0 Å². The minimum absolute atomic E-state index is 0.356. The zero-order valence-electron chi connectivity index (χ0n) is 25.9. The molecule has 8 heteroatoms. The number of rotatable bonds is 4. The number of aromatic amines is 1. The molecule has 2 aliphatic rings. The molecule has 47 heavy (non-hydrogen) atoms. The van der Waals surface area contributed by atoms with Crippen molar-refractivity contribution in [3.63, 3.8) is 0 Å². The van der Waals surface area contributed by atoms with Crippen LogP contribution in [0.15, 0.2) is 84.2 Å². The minimum atomic E-state index is 0.356. The molecule has 4 aromatic carbocycles. The van der Waals surface area contributed by atoms with Crippen LogP contribution < -0.4 is 18.9 Å². The second kappa shape index (κ2) is 10.3. The first-order valence-corrected chi connectivity index (χ1v) is 17.7. The first-order valence-electron chi connectivity index (χ1n) is 16.0. The lowest BCUT2D eigenvalue weighted by Gasteiger charge is -2.17. The maximum absolute atomic E-state index is 6.36. The number of ether oxygens (including phenoxy) is 4. The van der Waals surface area contributed by atoms with Gasteiger partial charge >= 0.3 is 0 Å². The summed E-state index contributed by atoms with van der Waals surface area (Å²) in [5, 5.41) is 6.92. The molecule has 0 radical (unpaired) electrons. The highest BCUT2D eigenvalue weighted by Gasteiger charge is 2.27. The van der Waals surface area contributed by atoms with E-state index in [2.05, 4.69) is 102 Å². The van der Waals surface area contributed by atoms with Crippen molar-refractivity contribution in [1.29, 1.82) is 0 Å². The van der Waals surface area contributed by atoms with Gasteiger partial charge in [-0.15, -0.1) is 22.7 Å². The van der Waals surface area contributed by atoms with Gasteiger partial charge in [0.2, 0.25) is 0 Å². The van der Waals surface area contributed by atoms with Crippen LogP contribution >= 0.6 is 22.7 Å². The summed E-state index contributed by atoms with van der Waals surface area (Å²) in [5.74, 6) is 3.36. The lowest BCUT2D eigenvalue weighted by atomic mass is 10.0. The van der Waals surface area contributed by atoms with Gasteiger partial charge in [-0.1, -0.05) is 36.4 Å². The number of aromatic nitrogens is 2. The Morgan fingerprint density at radius 2 is 1.17 bits per heavy atom. The summed E-state index contributed by atoms with van der Waals surface area (Å²) in [5.41, 5.74) is 8.10. The number of para-hydroxylation sites is 1. The van der Waals surface area contributed by atoms with E-state index in [-0.39, 0.29) is 0 Å². The molecule has 1 N–H and O–H groups in total. The van der Waals surface area contributed by atoms with Gasteiger partial charge in [-0.05, 0) is 73.0 Å². The zero-order chi connectivity index (χ0) is 31.2. The Morgan fingerprint density at radius 1 is 0.596 bits per heavy atom. The highest BCUT2D eigenvalue weighted by molar-refractivity contribution is 7.19. The van der Waals surface area contributed by atoms with E-state index in [4.69, 9.17) is 18.9 Å². The summed E-state index contributed by atoms with van der Waals surface area (Å²) in [4.78, 5) is 6.91. The molecule has 0 amide bonds. The lowest BCUT2D eigenvalue weighted by Crippen LogP contribution is -2.14. The van der Waals surface area contributed by atoms with E-state index < -0.39 is 0 Å². The van der Waals surface area contributed by atoms with Crippen molar-refractivity contribution < 1.29 is 18.9 Å².